The van der Waals surface area contributed by atoms with Gasteiger partial charge >= 0.3 is 6.09 Å². The molecule has 0 unspecified atom stereocenters. The predicted molar refractivity (Wildman–Crippen MR) is 68.5 cm³/mol. The Morgan fingerprint density at radius 3 is 2.59 bits per heavy atom. The van der Waals surface area contributed by atoms with E-state index in [4.69, 9.17) is 5.11 Å². The normalized spacial score (nSPS) is 16.1. The highest BCUT2D eigenvalue weighted by Crippen LogP contribution is 2.20. The van der Waals surface area contributed by atoms with Crippen molar-refractivity contribution in [1.29, 1.82) is 0 Å². The number of aryl methyl sites for hydroxylation is 1. The van der Waals surface area contributed by atoms with E-state index in [0.717, 1.165) is 15.9 Å². The molecule has 1 saturated heterocycles. The second-order valence-electron chi connectivity index (χ2n) is 4.05. The van der Waals surface area contributed by atoms with Crippen LogP contribution in [0.2, 0.25) is 0 Å². The molecule has 6 heteroatoms. The molecule has 17 heavy (non-hydrogen) atoms. The van der Waals surface area contributed by atoms with Crippen molar-refractivity contribution in [3.63, 3.8) is 0 Å². The zero-order valence-electron chi connectivity index (χ0n) is 9.56. The van der Waals surface area contributed by atoms with Gasteiger partial charge in [-0.3, -0.25) is 0 Å². The Labute approximate surface area is 108 Å². The molecule has 1 aromatic rings. The molecule has 1 aromatic heterocycles. The highest BCUT2D eigenvalue weighted by molar-refractivity contribution is 9.10. The van der Waals surface area contributed by atoms with Gasteiger partial charge in [-0.25, -0.2) is 9.78 Å². The molecule has 0 atom stereocenters. The van der Waals surface area contributed by atoms with Crippen LogP contribution < -0.4 is 4.90 Å². The lowest BCUT2D eigenvalue weighted by Crippen LogP contribution is -2.48. The molecular weight excluding hydrogens is 286 g/mol. The molecule has 2 heterocycles. The summed E-state index contributed by atoms with van der Waals surface area (Å²) in [5.74, 6) is 0.913. The molecule has 1 amide bonds. The van der Waals surface area contributed by atoms with E-state index in [1.807, 2.05) is 13.0 Å². The fraction of sp³-hybridized carbons (Fsp3) is 0.455. The second-order valence-corrected chi connectivity index (χ2v) is 4.90. The van der Waals surface area contributed by atoms with E-state index in [9.17, 15) is 4.79 Å². The van der Waals surface area contributed by atoms with Crippen LogP contribution in [-0.4, -0.2) is 47.3 Å². The van der Waals surface area contributed by atoms with E-state index in [1.165, 1.54) is 4.90 Å². The van der Waals surface area contributed by atoms with Gasteiger partial charge < -0.3 is 14.9 Å². The van der Waals surface area contributed by atoms with Crippen molar-refractivity contribution in [2.45, 2.75) is 6.92 Å². The van der Waals surface area contributed by atoms with Gasteiger partial charge in [0.2, 0.25) is 0 Å². The smallest absolute Gasteiger partial charge is 0.407 e. The molecule has 0 spiro atoms. The summed E-state index contributed by atoms with van der Waals surface area (Å²) in [6.45, 7) is 4.47. The Morgan fingerprint density at radius 1 is 1.41 bits per heavy atom. The van der Waals surface area contributed by atoms with Gasteiger partial charge in [-0.2, -0.15) is 0 Å². The van der Waals surface area contributed by atoms with E-state index in [-0.39, 0.29) is 0 Å². The number of carboxylic acid groups (broad SMARTS) is 1. The van der Waals surface area contributed by atoms with Crippen molar-refractivity contribution in [3.05, 3.63) is 22.3 Å². The number of pyridine rings is 1. The molecule has 0 saturated carbocycles. The molecule has 0 bridgehead atoms. The summed E-state index contributed by atoms with van der Waals surface area (Å²) in [5.41, 5.74) is 1.13. The predicted octanol–water partition coefficient (Wildman–Crippen LogP) is 1.95. The summed E-state index contributed by atoms with van der Waals surface area (Å²) in [5, 5.41) is 8.86. The summed E-state index contributed by atoms with van der Waals surface area (Å²) < 4.78 is 0.991. The molecule has 0 aliphatic carbocycles. The average molecular weight is 300 g/mol. The zero-order valence-corrected chi connectivity index (χ0v) is 11.1. The van der Waals surface area contributed by atoms with Gasteiger partial charge in [0.25, 0.3) is 0 Å². The van der Waals surface area contributed by atoms with Crippen molar-refractivity contribution in [2.75, 3.05) is 31.1 Å². The first-order chi connectivity index (χ1) is 8.08. The maximum absolute atomic E-state index is 10.8. The number of aromatic nitrogens is 1. The van der Waals surface area contributed by atoms with Crippen LogP contribution >= 0.6 is 15.9 Å². The largest absolute Gasteiger partial charge is 0.465 e. The third-order valence-electron chi connectivity index (χ3n) is 2.91. The van der Waals surface area contributed by atoms with Crippen LogP contribution in [0.15, 0.2) is 16.7 Å². The minimum atomic E-state index is -0.843. The van der Waals surface area contributed by atoms with Crippen molar-refractivity contribution in [2.24, 2.45) is 0 Å². The number of amides is 1. The van der Waals surface area contributed by atoms with Gasteiger partial charge in [0.05, 0.1) is 0 Å². The molecule has 92 valence electrons. The van der Waals surface area contributed by atoms with Gasteiger partial charge in [0.15, 0.2) is 0 Å². The quantitative estimate of drug-likeness (QED) is 0.861. The summed E-state index contributed by atoms with van der Waals surface area (Å²) in [4.78, 5) is 18.7. The summed E-state index contributed by atoms with van der Waals surface area (Å²) in [6, 6.07) is 2.01. The number of carbonyl (C=O) groups is 1. The number of anilines is 1. The molecule has 1 N–H and O–H groups in total. The molecular formula is C11H14BrN3O2. The van der Waals surface area contributed by atoms with Gasteiger partial charge in [-0.15, -0.1) is 0 Å². The van der Waals surface area contributed by atoms with Crippen LogP contribution in [0.3, 0.4) is 0 Å². The number of hydrogen-bond acceptors (Lipinski definition) is 3. The van der Waals surface area contributed by atoms with E-state index in [2.05, 4.69) is 25.8 Å². The summed E-state index contributed by atoms with van der Waals surface area (Å²) in [6.07, 6.45) is 0.943. The average Bonchev–Trinajstić information content (AvgIpc) is 2.33. The SMILES string of the molecule is Cc1cc(N2CCN(C(=O)O)CC2)ncc1Br. The van der Waals surface area contributed by atoms with Crippen LogP contribution in [0.25, 0.3) is 0 Å². The molecule has 1 aliphatic heterocycles. The van der Waals surface area contributed by atoms with Crippen molar-refractivity contribution < 1.29 is 9.90 Å². The van der Waals surface area contributed by atoms with Crippen LogP contribution in [-0.2, 0) is 0 Å². The zero-order chi connectivity index (χ0) is 12.4. The lowest BCUT2D eigenvalue weighted by molar-refractivity contribution is 0.142. The first-order valence-corrected chi connectivity index (χ1v) is 6.22. The Balaban J connectivity index is 2.05. The minimum Gasteiger partial charge on any atom is -0.465 e. The maximum Gasteiger partial charge on any atom is 0.407 e. The van der Waals surface area contributed by atoms with Crippen molar-refractivity contribution >= 4 is 27.8 Å². The molecule has 1 fully saturated rings. The van der Waals surface area contributed by atoms with Gasteiger partial charge in [-0.1, -0.05) is 0 Å². The lowest BCUT2D eigenvalue weighted by Gasteiger charge is -2.34. The highest BCUT2D eigenvalue weighted by Gasteiger charge is 2.21. The van der Waals surface area contributed by atoms with Gasteiger partial charge in [0.1, 0.15) is 5.82 Å². The van der Waals surface area contributed by atoms with Crippen LogP contribution in [0.1, 0.15) is 5.56 Å². The molecule has 1 aliphatic rings. The van der Waals surface area contributed by atoms with Crippen molar-refractivity contribution in [1.82, 2.24) is 9.88 Å². The van der Waals surface area contributed by atoms with E-state index >= 15 is 0 Å². The number of nitrogens with zero attached hydrogens (tertiary/aromatic N) is 3. The van der Waals surface area contributed by atoms with E-state index in [1.54, 1.807) is 6.20 Å². The third kappa shape index (κ3) is 2.69. The highest BCUT2D eigenvalue weighted by atomic mass is 79.9. The Hall–Kier alpha value is -1.30. The van der Waals surface area contributed by atoms with Crippen LogP contribution in [0, 0.1) is 6.92 Å². The topological polar surface area (TPSA) is 56.7 Å². The van der Waals surface area contributed by atoms with E-state index < -0.39 is 6.09 Å². The first-order valence-electron chi connectivity index (χ1n) is 5.43. The van der Waals surface area contributed by atoms with Gasteiger partial charge in [-0.05, 0) is 34.5 Å². The summed E-state index contributed by atoms with van der Waals surface area (Å²) >= 11 is 3.42. The summed E-state index contributed by atoms with van der Waals surface area (Å²) in [7, 11) is 0. The molecule has 5 nitrogen and oxygen atoms in total. The minimum absolute atomic E-state index is 0.534. The fourth-order valence-electron chi connectivity index (χ4n) is 1.82. The monoisotopic (exact) mass is 299 g/mol. The fourth-order valence-corrected chi connectivity index (χ4v) is 2.04. The molecule has 0 radical (unpaired) electrons. The van der Waals surface area contributed by atoms with Crippen LogP contribution in [0.4, 0.5) is 10.6 Å². The van der Waals surface area contributed by atoms with Crippen molar-refractivity contribution in [3.8, 4) is 0 Å². The van der Waals surface area contributed by atoms with Gasteiger partial charge in [0, 0.05) is 36.8 Å². The molecule has 0 aromatic carbocycles. The Kier molecular flexibility index (Phi) is 3.51. The Morgan fingerprint density at radius 2 is 2.06 bits per heavy atom. The molecule has 2 rings (SSSR count). The van der Waals surface area contributed by atoms with E-state index in [0.29, 0.717) is 26.2 Å². The lowest BCUT2D eigenvalue weighted by atomic mass is 10.2. The number of rotatable bonds is 1. The third-order valence-corrected chi connectivity index (χ3v) is 3.74. The maximum atomic E-state index is 10.8. The first kappa shape index (κ1) is 12.2. The second kappa shape index (κ2) is 4.91. The number of piperazine rings is 1. The number of halogens is 1. The number of hydrogen-bond donors (Lipinski definition) is 1. The Bertz CT molecular complexity index is 431. The van der Waals surface area contributed by atoms with Crippen LogP contribution in [0.5, 0.6) is 0 Å². The standard InChI is InChI=1S/C11H14BrN3O2/c1-8-6-10(13-7-9(8)12)14-2-4-15(5-3-14)11(16)17/h6-7H,2-5H2,1H3,(H,16,17).